The molecule has 2 N–H and O–H groups in total. The lowest BCUT2D eigenvalue weighted by Gasteiger charge is -2.36. The van der Waals surface area contributed by atoms with Gasteiger partial charge in [-0.05, 0) is 23.3 Å². The largest absolute Gasteiger partial charge is 0.456 e. The van der Waals surface area contributed by atoms with Crippen LogP contribution in [0.3, 0.4) is 0 Å². The molecule has 0 saturated carbocycles. The van der Waals surface area contributed by atoms with Gasteiger partial charge < -0.3 is 15.5 Å². The third-order valence-electron chi connectivity index (χ3n) is 4.97. The molecule has 5 rings (SSSR count). The van der Waals surface area contributed by atoms with E-state index in [9.17, 15) is 4.79 Å². The number of carbonyl (C=O) groups is 1. The molecule has 0 fully saturated rings. The first-order chi connectivity index (χ1) is 11.7. The number of ether oxygens (including phenoxy) is 1. The molecule has 1 aliphatic carbocycles. The normalized spacial score (nSPS) is 29.7. The molecule has 0 bridgehead atoms. The van der Waals surface area contributed by atoms with E-state index >= 15 is 0 Å². The van der Waals surface area contributed by atoms with Crippen LogP contribution in [0.1, 0.15) is 11.5 Å². The molecule has 3 unspecified atom stereocenters. The molecule has 4 aliphatic rings. The Morgan fingerprint density at radius 3 is 3.04 bits per heavy atom. The van der Waals surface area contributed by atoms with Gasteiger partial charge in [-0.15, -0.1) is 0 Å². The van der Waals surface area contributed by atoms with Gasteiger partial charge in [-0.3, -0.25) is 0 Å². The molecule has 0 spiro atoms. The van der Waals surface area contributed by atoms with Crippen molar-refractivity contribution in [3.63, 3.8) is 0 Å². The molecular formula is C18H14ClN3O2. The summed E-state index contributed by atoms with van der Waals surface area (Å²) in [6, 6.07) is 7.68. The van der Waals surface area contributed by atoms with Gasteiger partial charge >= 0.3 is 5.97 Å². The molecule has 1 aromatic carbocycles. The fourth-order valence-corrected chi connectivity index (χ4v) is 4.15. The minimum absolute atomic E-state index is 0.0150. The Balaban J connectivity index is 1.73. The van der Waals surface area contributed by atoms with Crippen LogP contribution >= 0.6 is 11.6 Å². The summed E-state index contributed by atoms with van der Waals surface area (Å²) < 4.78 is 5.29. The van der Waals surface area contributed by atoms with E-state index in [1.807, 2.05) is 30.5 Å². The summed E-state index contributed by atoms with van der Waals surface area (Å²) in [7, 11) is 0. The number of benzene rings is 1. The maximum Gasteiger partial charge on any atom is 0.337 e. The van der Waals surface area contributed by atoms with Crippen LogP contribution in [0.5, 0.6) is 0 Å². The van der Waals surface area contributed by atoms with E-state index in [0.29, 0.717) is 10.6 Å². The molecule has 0 radical (unpaired) electrons. The molecule has 1 aromatic rings. The van der Waals surface area contributed by atoms with Gasteiger partial charge in [0, 0.05) is 28.8 Å². The Morgan fingerprint density at radius 1 is 1.29 bits per heavy atom. The van der Waals surface area contributed by atoms with Crippen molar-refractivity contribution in [1.29, 1.82) is 0 Å². The summed E-state index contributed by atoms with van der Waals surface area (Å²) in [4.78, 5) is 12.4. The van der Waals surface area contributed by atoms with Crippen molar-refractivity contribution in [3.8, 4) is 0 Å². The average molecular weight is 340 g/mol. The minimum Gasteiger partial charge on any atom is -0.456 e. The summed E-state index contributed by atoms with van der Waals surface area (Å²) in [6.45, 7) is 0.276. The number of allylic oxidation sites excluding steroid dienone is 1. The molecule has 120 valence electrons. The van der Waals surface area contributed by atoms with Gasteiger partial charge in [0.25, 0.3) is 0 Å². The van der Waals surface area contributed by atoms with E-state index in [1.54, 1.807) is 0 Å². The predicted octanol–water partition coefficient (Wildman–Crippen LogP) is 2.24. The maximum atomic E-state index is 12.4. The third-order valence-corrected chi connectivity index (χ3v) is 5.31. The molecule has 3 aliphatic heterocycles. The summed E-state index contributed by atoms with van der Waals surface area (Å²) in [5.74, 6) is -0.333. The van der Waals surface area contributed by atoms with Crippen molar-refractivity contribution in [3.05, 3.63) is 69.5 Å². The van der Waals surface area contributed by atoms with Gasteiger partial charge in [-0.25, -0.2) is 4.79 Å². The van der Waals surface area contributed by atoms with Crippen molar-refractivity contribution < 1.29 is 9.53 Å². The smallest absolute Gasteiger partial charge is 0.337 e. The fraction of sp³-hybridized carbons (Fsp3) is 0.222. The monoisotopic (exact) mass is 339 g/mol. The number of carbonyl (C=O) groups excluding carboxylic acids is 1. The number of esters is 1. The standard InChI is InChI=1S/C18H14ClN3O2/c19-11-4-2-1-3-10(11)14-15-12(6-5-9-7-20-22-17(9)15)21-13-8-24-18(23)16(13)14/h1-7,9,14,17,21-22H,8H2. The van der Waals surface area contributed by atoms with E-state index in [4.69, 9.17) is 16.3 Å². The van der Waals surface area contributed by atoms with Crippen LogP contribution in [-0.4, -0.2) is 24.8 Å². The zero-order valence-corrected chi connectivity index (χ0v) is 13.4. The van der Waals surface area contributed by atoms with Crippen molar-refractivity contribution in [2.75, 3.05) is 6.61 Å². The molecule has 24 heavy (non-hydrogen) atoms. The fourth-order valence-electron chi connectivity index (χ4n) is 3.90. The van der Waals surface area contributed by atoms with Crippen LogP contribution in [0.25, 0.3) is 0 Å². The Bertz CT molecular complexity index is 884. The van der Waals surface area contributed by atoms with Crippen LogP contribution in [0.4, 0.5) is 0 Å². The van der Waals surface area contributed by atoms with Crippen LogP contribution in [0.15, 0.2) is 64.1 Å². The summed E-state index contributed by atoms with van der Waals surface area (Å²) in [6.07, 6.45) is 6.07. The van der Waals surface area contributed by atoms with Crippen molar-refractivity contribution >= 4 is 23.8 Å². The second-order valence-corrected chi connectivity index (χ2v) is 6.65. The Labute approximate surface area is 143 Å². The molecule has 6 heteroatoms. The van der Waals surface area contributed by atoms with Crippen LogP contribution in [0, 0.1) is 5.92 Å². The third kappa shape index (κ3) is 1.82. The second kappa shape index (κ2) is 4.98. The summed E-state index contributed by atoms with van der Waals surface area (Å²) >= 11 is 6.48. The number of hydrazone groups is 1. The topological polar surface area (TPSA) is 62.7 Å². The quantitative estimate of drug-likeness (QED) is 0.770. The van der Waals surface area contributed by atoms with Gasteiger partial charge in [-0.1, -0.05) is 35.9 Å². The number of hydrogen-bond acceptors (Lipinski definition) is 5. The van der Waals surface area contributed by atoms with E-state index in [0.717, 1.165) is 22.5 Å². The lowest BCUT2D eigenvalue weighted by molar-refractivity contribution is -0.136. The van der Waals surface area contributed by atoms with E-state index in [1.165, 1.54) is 0 Å². The molecule has 0 saturated heterocycles. The highest BCUT2D eigenvalue weighted by atomic mass is 35.5. The summed E-state index contributed by atoms with van der Waals surface area (Å²) in [5, 5.41) is 8.23. The Morgan fingerprint density at radius 2 is 2.17 bits per heavy atom. The van der Waals surface area contributed by atoms with E-state index in [2.05, 4.69) is 28.0 Å². The lowest BCUT2D eigenvalue weighted by atomic mass is 9.73. The zero-order chi connectivity index (χ0) is 16.3. The van der Waals surface area contributed by atoms with Gasteiger partial charge in [0.1, 0.15) is 6.61 Å². The molecular weight excluding hydrogens is 326 g/mol. The van der Waals surface area contributed by atoms with Gasteiger partial charge in [0.2, 0.25) is 0 Å². The van der Waals surface area contributed by atoms with Gasteiger partial charge in [-0.2, -0.15) is 5.10 Å². The SMILES string of the molecule is O=C1OCC2=C1C(c1ccccc1Cl)C1=C(C=CC3C=NNC13)N2. The van der Waals surface area contributed by atoms with Crippen molar-refractivity contribution in [2.24, 2.45) is 11.0 Å². The van der Waals surface area contributed by atoms with E-state index in [-0.39, 0.29) is 30.5 Å². The first-order valence-electron chi connectivity index (χ1n) is 7.86. The molecule has 3 atom stereocenters. The first kappa shape index (κ1) is 13.9. The van der Waals surface area contributed by atoms with Gasteiger partial charge in [0.15, 0.2) is 0 Å². The number of rotatable bonds is 1. The molecule has 0 amide bonds. The number of nitrogens with zero attached hydrogens (tertiary/aromatic N) is 1. The van der Waals surface area contributed by atoms with E-state index < -0.39 is 0 Å². The second-order valence-electron chi connectivity index (χ2n) is 6.24. The highest BCUT2D eigenvalue weighted by molar-refractivity contribution is 6.31. The predicted molar refractivity (Wildman–Crippen MR) is 90.4 cm³/mol. The molecule has 3 heterocycles. The number of cyclic esters (lactones) is 1. The average Bonchev–Trinajstić information content (AvgIpc) is 3.20. The van der Waals surface area contributed by atoms with Crippen LogP contribution < -0.4 is 10.7 Å². The number of fused-ring (bicyclic) bond motifs is 2. The van der Waals surface area contributed by atoms with Crippen molar-refractivity contribution in [2.45, 2.75) is 12.0 Å². The first-order valence-corrected chi connectivity index (χ1v) is 8.24. The lowest BCUT2D eigenvalue weighted by Crippen LogP contribution is -2.40. The van der Waals surface area contributed by atoms with Crippen LogP contribution in [0.2, 0.25) is 5.02 Å². The van der Waals surface area contributed by atoms with Crippen molar-refractivity contribution in [1.82, 2.24) is 10.7 Å². The molecule has 5 nitrogen and oxygen atoms in total. The Hall–Kier alpha value is -2.53. The Kier molecular flexibility index (Phi) is 2.88. The number of nitrogens with one attached hydrogen (secondary N) is 2. The number of hydrogen-bond donors (Lipinski definition) is 2. The molecule has 0 aromatic heterocycles. The number of dihydropyridines is 1. The highest BCUT2D eigenvalue weighted by Crippen LogP contribution is 2.47. The minimum atomic E-state index is -0.279. The highest BCUT2D eigenvalue weighted by Gasteiger charge is 2.45. The maximum absolute atomic E-state index is 12.4. The van der Waals surface area contributed by atoms with Crippen LogP contribution in [-0.2, 0) is 9.53 Å². The van der Waals surface area contributed by atoms with Gasteiger partial charge in [0.05, 0.1) is 17.3 Å². The zero-order valence-electron chi connectivity index (χ0n) is 12.6. The summed E-state index contributed by atoms with van der Waals surface area (Å²) in [5.41, 5.74) is 7.66. The number of halogens is 1.